The van der Waals surface area contributed by atoms with Gasteiger partial charge in [-0.1, -0.05) is 24.3 Å². The Balaban J connectivity index is 1.63. The minimum atomic E-state index is -0.803. The summed E-state index contributed by atoms with van der Waals surface area (Å²) in [7, 11) is 1.25. The molecule has 4 rings (SSSR count). The van der Waals surface area contributed by atoms with Gasteiger partial charge in [0.15, 0.2) is 5.13 Å². The number of esters is 1. The summed E-state index contributed by atoms with van der Waals surface area (Å²) in [6.45, 7) is 7.09. The monoisotopic (exact) mass is 417 g/mol. The maximum absolute atomic E-state index is 12.6. The molecule has 29 heavy (non-hydrogen) atoms. The fraction of sp³-hybridized carbons (Fsp3) is 0.571. The quantitative estimate of drug-likeness (QED) is 0.553. The third kappa shape index (κ3) is 3.96. The fourth-order valence-electron chi connectivity index (χ4n) is 4.20. The number of amides is 1. The Labute approximate surface area is 174 Å². The summed E-state index contributed by atoms with van der Waals surface area (Å²) >= 11 is 1.68. The number of fused-ring (bicyclic) bond motifs is 1. The van der Waals surface area contributed by atoms with Crippen LogP contribution in [0.2, 0.25) is 0 Å². The number of rotatable bonds is 2. The van der Waals surface area contributed by atoms with E-state index in [1.54, 1.807) is 16.2 Å². The van der Waals surface area contributed by atoms with Gasteiger partial charge in [0.2, 0.25) is 0 Å². The van der Waals surface area contributed by atoms with Crippen LogP contribution in [0.25, 0.3) is 10.2 Å². The van der Waals surface area contributed by atoms with Crippen molar-refractivity contribution in [2.24, 2.45) is 5.92 Å². The molecule has 0 radical (unpaired) electrons. The van der Waals surface area contributed by atoms with Crippen molar-refractivity contribution in [1.82, 2.24) is 9.88 Å². The van der Waals surface area contributed by atoms with Crippen LogP contribution >= 0.6 is 11.3 Å². The molecule has 2 unspecified atom stereocenters. The Morgan fingerprint density at radius 1 is 1.28 bits per heavy atom. The van der Waals surface area contributed by atoms with Crippen molar-refractivity contribution in [3.05, 3.63) is 23.8 Å². The van der Waals surface area contributed by atoms with Crippen molar-refractivity contribution in [3.63, 3.8) is 0 Å². The molecule has 2 fully saturated rings. The van der Waals surface area contributed by atoms with Gasteiger partial charge in [-0.05, 0) is 43.4 Å². The molecule has 2 saturated heterocycles. The molecule has 1 amide bonds. The largest absolute Gasteiger partial charge is 0.462 e. The summed E-state index contributed by atoms with van der Waals surface area (Å²) in [5.41, 5.74) is 1.96. The van der Waals surface area contributed by atoms with Gasteiger partial charge in [0.05, 0.1) is 42.6 Å². The molecule has 156 valence electrons. The predicted molar refractivity (Wildman–Crippen MR) is 112 cm³/mol. The summed E-state index contributed by atoms with van der Waals surface area (Å²) < 4.78 is 11.3. The van der Waals surface area contributed by atoms with Gasteiger partial charge in [0.1, 0.15) is 0 Å². The molecule has 2 aliphatic heterocycles. The molecule has 7 nitrogen and oxygen atoms in total. The number of piperidine rings is 1. The summed E-state index contributed by atoms with van der Waals surface area (Å²) in [6, 6.07) is 6.38. The van der Waals surface area contributed by atoms with Gasteiger partial charge < -0.3 is 19.3 Å². The number of morpholine rings is 1. The smallest absolute Gasteiger partial charge is 0.396 e. The van der Waals surface area contributed by atoms with Crippen LogP contribution in [0.3, 0.4) is 0 Å². The van der Waals surface area contributed by atoms with Gasteiger partial charge in [-0.15, -0.1) is 0 Å². The molecule has 3 heterocycles. The molecule has 0 N–H and O–H groups in total. The molecule has 1 aromatic heterocycles. The average Bonchev–Trinajstić information content (AvgIpc) is 3.16. The van der Waals surface area contributed by atoms with E-state index in [-0.39, 0.29) is 6.04 Å². The number of ether oxygens (including phenoxy) is 2. The average molecular weight is 418 g/mol. The van der Waals surface area contributed by atoms with E-state index in [0.29, 0.717) is 25.1 Å². The van der Waals surface area contributed by atoms with E-state index in [9.17, 15) is 9.59 Å². The van der Waals surface area contributed by atoms with Crippen LogP contribution in [-0.4, -0.2) is 61.2 Å². The van der Waals surface area contributed by atoms with Crippen molar-refractivity contribution in [2.75, 3.05) is 38.3 Å². The van der Waals surface area contributed by atoms with Gasteiger partial charge >= 0.3 is 11.9 Å². The maximum Gasteiger partial charge on any atom is 0.396 e. The number of likely N-dealkylation sites (tertiary alicyclic amines) is 1. The first-order valence-electron chi connectivity index (χ1n) is 10.1. The third-order valence-electron chi connectivity index (χ3n) is 5.84. The van der Waals surface area contributed by atoms with Crippen LogP contribution in [0.5, 0.6) is 0 Å². The van der Waals surface area contributed by atoms with E-state index in [4.69, 9.17) is 9.72 Å². The van der Waals surface area contributed by atoms with Gasteiger partial charge in [0.25, 0.3) is 0 Å². The normalized spacial score (nSPS) is 25.3. The second kappa shape index (κ2) is 8.28. The second-order valence-electron chi connectivity index (χ2n) is 7.99. The lowest BCUT2D eigenvalue weighted by molar-refractivity contribution is -0.160. The van der Waals surface area contributed by atoms with Crippen molar-refractivity contribution in [2.45, 2.75) is 38.8 Å². The van der Waals surface area contributed by atoms with Crippen LogP contribution in [-0.2, 0) is 19.1 Å². The molecule has 1 aromatic carbocycles. The molecular formula is C21H27N3O4S. The number of aromatic nitrogens is 1. The van der Waals surface area contributed by atoms with Gasteiger partial charge in [0, 0.05) is 13.1 Å². The Hall–Kier alpha value is -2.19. The number of thiazole rings is 1. The van der Waals surface area contributed by atoms with Gasteiger partial charge in [-0.2, -0.15) is 0 Å². The van der Waals surface area contributed by atoms with E-state index < -0.39 is 11.9 Å². The predicted octanol–water partition coefficient (Wildman–Crippen LogP) is 2.99. The first kappa shape index (κ1) is 20.1. The number of anilines is 1. The zero-order valence-electron chi connectivity index (χ0n) is 17.1. The minimum absolute atomic E-state index is 0.130. The van der Waals surface area contributed by atoms with Gasteiger partial charge in [-0.25, -0.2) is 9.78 Å². The van der Waals surface area contributed by atoms with E-state index >= 15 is 0 Å². The van der Waals surface area contributed by atoms with Crippen LogP contribution in [0.15, 0.2) is 18.2 Å². The molecule has 0 bridgehead atoms. The summed E-state index contributed by atoms with van der Waals surface area (Å²) in [6.07, 6.45) is 1.84. The van der Waals surface area contributed by atoms with E-state index in [0.717, 1.165) is 46.9 Å². The molecule has 2 aromatic rings. The summed E-state index contributed by atoms with van der Waals surface area (Å²) in [5, 5.41) is 1.01. The molecule has 3 atom stereocenters. The van der Waals surface area contributed by atoms with Crippen LogP contribution < -0.4 is 4.90 Å². The lowest BCUT2D eigenvalue weighted by atomic mass is 9.89. The minimum Gasteiger partial charge on any atom is -0.462 e. The van der Waals surface area contributed by atoms with Crippen LogP contribution in [0.1, 0.15) is 38.3 Å². The zero-order valence-corrected chi connectivity index (χ0v) is 17.9. The van der Waals surface area contributed by atoms with Crippen molar-refractivity contribution < 1.29 is 19.1 Å². The van der Waals surface area contributed by atoms with Crippen molar-refractivity contribution in [1.29, 1.82) is 0 Å². The highest BCUT2D eigenvalue weighted by Crippen LogP contribution is 2.37. The number of benzene rings is 1. The van der Waals surface area contributed by atoms with Crippen LogP contribution in [0.4, 0.5) is 5.13 Å². The van der Waals surface area contributed by atoms with E-state index in [1.807, 2.05) is 0 Å². The summed E-state index contributed by atoms with van der Waals surface area (Å²) in [5.74, 6) is -1.01. The Kier molecular flexibility index (Phi) is 5.74. The highest BCUT2D eigenvalue weighted by molar-refractivity contribution is 7.22. The SMILES string of the molecule is COC(=O)C(=O)N1CC(C)CCC1c1ccc2sc(N3CCOC[C@@H]3C)nc2c1. The Bertz CT molecular complexity index is 914. The number of carbonyl (C=O) groups excluding carboxylic acids is 2. The zero-order chi connectivity index (χ0) is 20.5. The highest BCUT2D eigenvalue weighted by atomic mass is 32.1. The fourth-order valence-corrected chi connectivity index (χ4v) is 5.28. The Morgan fingerprint density at radius 2 is 2.10 bits per heavy atom. The maximum atomic E-state index is 12.6. The number of methoxy groups -OCH3 is 1. The topological polar surface area (TPSA) is 72.0 Å². The number of carbonyl (C=O) groups is 2. The lowest BCUT2D eigenvalue weighted by Gasteiger charge is -2.38. The van der Waals surface area contributed by atoms with Crippen molar-refractivity contribution >= 4 is 38.6 Å². The van der Waals surface area contributed by atoms with Crippen LogP contribution in [0, 0.1) is 5.92 Å². The Morgan fingerprint density at radius 3 is 2.86 bits per heavy atom. The van der Waals surface area contributed by atoms with E-state index in [1.165, 1.54) is 7.11 Å². The van der Waals surface area contributed by atoms with E-state index in [2.05, 4.69) is 41.7 Å². The molecule has 8 heteroatoms. The number of hydrogen-bond acceptors (Lipinski definition) is 7. The number of hydrogen-bond donors (Lipinski definition) is 0. The second-order valence-corrected chi connectivity index (χ2v) is 9.00. The first-order chi connectivity index (χ1) is 14.0. The molecule has 0 saturated carbocycles. The number of nitrogens with zero attached hydrogens (tertiary/aromatic N) is 3. The first-order valence-corrected chi connectivity index (χ1v) is 10.9. The lowest BCUT2D eigenvalue weighted by Crippen LogP contribution is -2.45. The molecule has 0 aliphatic carbocycles. The third-order valence-corrected chi connectivity index (χ3v) is 6.91. The highest BCUT2D eigenvalue weighted by Gasteiger charge is 2.35. The summed E-state index contributed by atoms with van der Waals surface area (Å²) in [4.78, 5) is 33.3. The molecule has 2 aliphatic rings. The van der Waals surface area contributed by atoms with Crippen molar-refractivity contribution in [3.8, 4) is 0 Å². The molecular weight excluding hydrogens is 390 g/mol. The molecule has 0 spiro atoms. The standard InChI is InChI=1S/C21H27N3O4S/c1-13-4-6-17(24(11-13)19(25)20(26)27-3)15-5-7-18-16(10-15)22-21(29-18)23-8-9-28-12-14(23)2/h5,7,10,13-14,17H,4,6,8-9,11-12H2,1-3H3/t13?,14-,17?/m0/s1. The van der Waals surface area contributed by atoms with Gasteiger partial charge in [-0.3, -0.25) is 4.79 Å².